The van der Waals surface area contributed by atoms with Gasteiger partial charge in [0.05, 0.1) is 12.5 Å². The molecule has 0 aliphatic rings. The molecule has 0 saturated heterocycles. The monoisotopic (exact) mass is 258 g/mol. The van der Waals surface area contributed by atoms with Crippen molar-refractivity contribution in [3.05, 3.63) is 47.6 Å². The summed E-state index contributed by atoms with van der Waals surface area (Å²) in [5.41, 5.74) is 0.573. The van der Waals surface area contributed by atoms with Crippen LogP contribution in [-0.2, 0) is 12.6 Å². The molecule has 18 heavy (non-hydrogen) atoms. The Kier molecular flexibility index (Phi) is 3.33. The van der Waals surface area contributed by atoms with Crippen LogP contribution in [-0.4, -0.2) is 15.2 Å². The van der Waals surface area contributed by atoms with Crippen molar-refractivity contribution in [3.63, 3.8) is 0 Å². The number of aliphatic hydroxyl groups excluding tert-OH is 1. The van der Waals surface area contributed by atoms with Crippen LogP contribution in [0.5, 0.6) is 0 Å². The summed E-state index contributed by atoms with van der Waals surface area (Å²) in [6.07, 6.45) is -5.78. The van der Waals surface area contributed by atoms with Crippen LogP contribution in [0.1, 0.15) is 23.4 Å². The van der Waals surface area contributed by atoms with E-state index < -0.39 is 18.1 Å². The van der Waals surface area contributed by atoms with Crippen LogP contribution in [0.15, 0.2) is 34.9 Å². The number of hydrogen-bond acceptors (Lipinski definition) is 4. The second-order valence-electron chi connectivity index (χ2n) is 3.64. The Morgan fingerprint density at radius 1 is 1.22 bits per heavy atom. The summed E-state index contributed by atoms with van der Waals surface area (Å²) >= 11 is 0. The van der Waals surface area contributed by atoms with Gasteiger partial charge in [-0.15, -0.1) is 0 Å². The number of rotatable bonds is 3. The Bertz CT molecular complexity index is 511. The fourth-order valence-corrected chi connectivity index (χ4v) is 1.41. The van der Waals surface area contributed by atoms with Crippen LogP contribution < -0.4 is 0 Å². The second-order valence-corrected chi connectivity index (χ2v) is 3.64. The lowest BCUT2D eigenvalue weighted by atomic mass is 10.1. The zero-order valence-corrected chi connectivity index (χ0v) is 9.05. The third-order valence-electron chi connectivity index (χ3n) is 2.27. The van der Waals surface area contributed by atoms with Gasteiger partial charge in [0.25, 0.3) is 5.82 Å². The van der Waals surface area contributed by atoms with Gasteiger partial charge in [0.15, 0.2) is 0 Å². The van der Waals surface area contributed by atoms with Gasteiger partial charge in [-0.05, 0) is 5.56 Å². The first-order chi connectivity index (χ1) is 8.47. The van der Waals surface area contributed by atoms with Gasteiger partial charge in [-0.25, -0.2) is 0 Å². The fourth-order valence-electron chi connectivity index (χ4n) is 1.41. The van der Waals surface area contributed by atoms with E-state index in [9.17, 15) is 18.3 Å². The van der Waals surface area contributed by atoms with E-state index in [0.29, 0.717) is 5.56 Å². The molecule has 0 aliphatic heterocycles. The molecule has 0 fully saturated rings. The number of halogens is 3. The Morgan fingerprint density at radius 2 is 1.89 bits per heavy atom. The Hall–Kier alpha value is -1.89. The number of hydrogen-bond donors (Lipinski definition) is 1. The molecule has 0 amide bonds. The molecule has 7 heteroatoms. The SMILES string of the molecule is OC(Cc1nc(C(F)(F)F)no1)c1ccccc1. The van der Waals surface area contributed by atoms with Crippen molar-refractivity contribution in [1.82, 2.24) is 10.1 Å². The van der Waals surface area contributed by atoms with Crippen molar-refractivity contribution in [3.8, 4) is 0 Å². The Balaban J connectivity index is 2.08. The highest BCUT2D eigenvalue weighted by molar-refractivity contribution is 5.18. The maximum atomic E-state index is 12.2. The first-order valence-electron chi connectivity index (χ1n) is 5.09. The predicted molar refractivity (Wildman–Crippen MR) is 54.4 cm³/mol. The summed E-state index contributed by atoms with van der Waals surface area (Å²) in [7, 11) is 0. The highest BCUT2D eigenvalue weighted by atomic mass is 19.4. The van der Waals surface area contributed by atoms with Crippen LogP contribution in [0.3, 0.4) is 0 Å². The van der Waals surface area contributed by atoms with Crippen LogP contribution >= 0.6 is 0 Å². The van der Waals surface area contributed by atoms with Crippen molar-refractivity contribution >= 4 is 0 Å². The van der Waals surface area contributed by atoms with Gasteiger partial charge in [-0.2, -0.15) is 18.2 Å². The number of aliphatic hydroxyl groups is 1. The highest BCUT2D eigenvalue weighted by Crippen LogP contribution is 2.27. The predicted octanol–water partition coefficient (Wildman–Crippen LogP) is 2.36. The molecular formula is C11H9F3N2O2. The normalized spacial score (nSPS) is 13.6. The molecule has 0 aliphatic carbocycles. The Labute approximate surface area is 100 Å². The molecule has 1 aromatic heterocycles. The first kappa shape index (κ1) is 12.6. The molecule has 1 unspecified atom stereocenters. The number of nitrogens with zero attached hydrogens (tertiary/aromatic N) is 2. The van der Waals surface area contributed by atoms with Gasteiger partial charge in [-0.3, -0.25) is 0 Å². The van der Waals surface area contributed by atoms with Crippen LogP contribution in [0.25, 0.3) is 0 Å². The number of aromatic nitrogens is 2. The molecule has 0 radical (unpaired) electrons. The van der Waals surface area contributed by atoms with E-state index in [-0.39, 0.29) is 12.3 Å². The molecule has 1 aromatic carbocycles. The minimum atomic E-state index is -4.64. The topological polar surface area (TPSA) is 59.2 Å². The van der Waals surface area contributed by atoms with E-state index in [1.54, 1.807) is 30.3 Å². The van der Waals surface area contributed by atoms with Crippen LogP contribution in [0.4, 0.5) is 13.2 Å². The fraction of sp³-hybridized carbons (Fsp3) is 0.273. The van der Waals surface area contributed by atoms with Gasteiger partial charge in [0, 0.05) is 0 Å². The molecule has 1 heterocycles. The molecule has 4 nitrogen and oxygen atoms in total. The lowest BCUT2D eigenvalue weighted by Crippen LogP contribution is -2.08. The lowest BCUT2D eigenvalue weighted by molar-refractivity contribution is -0.146. The van der Waals surface area contributed by atoms with Crippen molar-refractivity contribution in [1.29, 1.82) is 0 Å². The Morgan fingerprint density at radius 3 is 2.44 bits per heavy atom. The number of alkyl halides is 3. The minimum absolute atomic E-state index is 0.160. The largest absolute Gasteiger partial charge is 0.455 e. The summed E-state index contributed by atoms with van der Waals surface area (Å²) in [5, 5.41) is 12.6. The van der Waals surface area contributed by atoms with E-state index in [2.05, 4.69) is 14.7 Å². The van der Waals surface area contributed by atoms with E-state index in [1.165, 1.54) is 0 Å². The third kappa shape index (κ3) is 2.86. The lowest BCUT2D eigenvalue weighted by Gasteiger charge is -2.07. The zero-order chi connectivity index (χ0) is 13.2. The van der Waals surface area contributed by atoms with Crippen molar-refractivity contribution < 1.29 is 22.8 Å². The van der Waals surface area contributed by atoms with E-state index >= 15 is 0 Å². The van der Waals surface area contributed by atoms with Gasteiger partial charge < -0.3 is 9.63 Å². The standard InChI is InChI=1S/C11H9F3N2O2/c12-11(13,14)10-15-9(18-16-10)6-8(17)7-4-2-1-3-5-7/h1-5,8,17H,6H2. The summed E-state index contributed by atoms with van der Waals surface area (Å²) in [6.45, 7) is 0. The molecule has 0 bridgehead atoms. The van der Waals surface area contributed by atoms with Crippen LogP contribution in [0, 0.1) is 0 Å². The third-order valence-corrected chi connectivity index (χ3v) is 2.27. The average Bonchev–Trinajstić information content (AvgIpc) is 2.78. The molecule has 1 atom stereocenters. The van der Waals surface area contributed by atoms with E-state index in [1.807, 2.05) is 0 Å². The molecular weight excluding hydrogens is 249 g/mol. The minimum Gasteiger partial charge on any atom is -0.388 e. The molecule has 96 valence electrons. The second kappa shape index (κ2) is 4.77. The molecule has 0 spiro atoms. The van der Waals surface area contributed by atoms with Gasteiger partial charge >= 0.3 is 6.18 Å². The first-order valence-corrected chi connectivity index (χ1v) is 5.09. The van der Waals surface area contributed by atoms with Gasteiger partial charge in [0.2, 0.25) is 5.89 Å². The van der Waals surface area contributed by atoms with E-state index in [0.717, 1.165) is 0 Å². The summed E-state index contributed by atoms with van der Waals surface area (Å²) in [6, 6.07) is 8.52. The highest BCUT2D eigenvalue weighted by Gasteiger charge is 2.37. The van der Waals surface area contributed by atoms with Crippen molar-refractivity contribution in [2.45, 2.75) is 18.7 Å². The molecule has 2 aromatic rings. The van der Waals surface area contributed by atoms with Gasteiger partial charge in [0.1, 0.15) is 0 Å². The average molecular weight is 258 g/mol. The maximum Gasteiger partial charge on any atom is 0.455 e. The maximum absolute atomic E-state index is 12.2. The summed E-state index contributed by atoms with van der Waals surface area (Å²) in [5.74, 6) is -1.59. The molecule has 1 N–H and O–H groups in total. The van der Waals surface area contributed by atoms with E-state index in [4.69, 9.17) is 0 Å². The zero-order valence-electron chi connectivity index (χ0n) is 9.05. The van der Waals surface area contributed by atoms with Crippen LogP contribution in [0.2, 0.25) is 0 Å². The quantitative estimate of drug-likeness (QED) is 0.918. The molecule has 2 rings (SSSR count). The smallest absolute Gasteiger partial charge is 0.388 e. The van der Waals surface area contributed by atoms with Crippen molar-refractivity contribution in [2.24, 2.45) is 0 Å². The van der Waals surface area contributed by atoms with Gasteiger partial charge in [-0.1, -0.05) is 35.5 Å². The number of benzene rings is 1. The van der Waals surface area contributed by atoms with Crippen molar-refractivity contribution in [2.75, 3.05) is 0 Å². The summed E-state index contributed by atoms with van der Waals surface area (Å²) in [4.78, 5) is 3.18. The molecule has 0 saturated carbocycles. The summed E-state index contributed by atoms with van der Waals surface area (Å²) < 4.78 is 41.1.